The van der Waals surface area contributed by atoms with Crippen molar-refractivity contribution in [2.75, 3.05) is 0 Å². The molecule has 10 rings (SSSR count). The molecule has 0 amide bonds. The molecular weight excluding hydrogens is 681 g/mol. The highest BCUT2D eigenvalue weighted by atomic mass is 15.0. The van der Waals surface area contributed by atoms with Crippen LogP contribution in [0.3, 0.4) is 0 Å². The van der Waals surface area contributed by atoms with Gasteiger partial charge in [-0.15, -0.1) is 0 Å². The fraction of sp³-hybridized carbons (Fsp3) is 0. The Balaban J connectivity index is 1.07. The van der Waals surface area contributed by atoms with Gasteiger partial charge in [-0.3, -0.25) is 0 Å². The van der Waals surface area contributed by atoms with Crippen molar-refractivity contribution >= 4 is 21.7 Å². The summed E-state index contributed by atoms with van der Waals surface area (Å²) >= 11 is 0. The second-order valence-corrected chi connectivity index (χ2v) is 13.9. The van der Waals surface area contributed by atoms with Crippen LogP contribution in [0.2, 0.25) is 0 Å². The van der Waals surface area contributed by atoms with Crippen LogP contribution in [0.4, 0.5) is 0 Å². The number of hydrogen-bond acceptors (Lipinski definition) is 4. The predicted molar refractivity (Wildman–Crippen MR) is 231 cm³/mol. The van der Waals surface area contributed by atoms with E-state index in [0.29, 0.717) is 17.5 Å². The van der Waals surface area contributed by atoms with Crippen molar-refractivity contribution in [3.8, 4) is 78.8 Å². The van der Waals surface area contributed by atoms with Gasteiger partial charge in [-0.2, -0.15) is 0 Å². The lowest BCUT2D eigenvalue weighted by molar-refractivity contribution is 1.07. The molecule has 0 N–H and O–H groups in total. The number of fused-ring (bicyclic) bond motifs is 3. The molecule has 2 aromatic heterocycles. The summed E-state index contributed by atoms with van der Waals surface area (Å²) in [5.74, 6) is 1.92. The first-order valence-corrected chi connectivity index (χ1v) is 18.8. The molecule has 2 heterocycles. The van der Waals surface area contributed by atoms with Crippen molar-refractivity contribution in [3.05, 3.63) is 206 Å². The maximum Gasteiger partial charge on any atom is 0.164 e. The van der Waals surface area contributed by atoms with E-state index in [-0.39, 0.29) is 0 Å². The monoisotopic (exact) mass is 714 g/mol. The van der Waals surface area contributed by atoms with Crippen molar-refractivity contribution in [3.63, 3.8) is 0 Å². The van der Waals surface area contributed by atoms with Gasteiger partial charge in [0.2, 0.25) is 0 Å². The highest BCUT2D eigenvalue weighted by Gasteiger charge is 2.16. The van der Waals surface area contributed by atoms with Crippen molar-refractivity contribution in [2.45, 2.75) is 0 Å². The zero-order chi connectivity index (χ0) is 37.3. The summed E-state index contributed by atoms with van der Waals surface area (Å²) in [6, 6.07) is 71.7. The minimum atomic E-state index is 0.632. The Bertz CT molecular complexity index is 2940. The van der Waals surface area contributed by atoms with Gasteiger partial charge in [0.25, 0.3) is 0 Å². The van der Waals surface area contributed by atoms with Gasteiger partial charge in [0.15, 0.2) is 17.5 Å². The minimum absolute atomic E-state index is 0.632. The minimum Gasteiger partial charge on any atom is -0.247 e. The first-order valence-electron chi connectivity index (χ1n) is 18.8. The second kappa shape index (κ2) is 14.3. The largest absolute Gasteiger partial charge is 0.247 e. The molecule has 0 saturated carbocycles. The van der Waals surface area contributed by atoms with Crippen LogP contribution >= 0.6 is 0 Å². The van der Waals surface area contributed by atoms with Crippen LogP contribution in [0.5, 0.6) is 0 Å². The van der Waals surface area contributed by atoms with E-state index in [1.54, 1.807) is 0 Å². The molecule has 0 bridgehead atoms. The van der Waals surface area contributed by atoms with Crippen LogP contribution in [-0.4, -0.2) is 19.9 Å². The van der Waals surface area contributed by atoms with Crippen molar-refractivity contribution < 1.29 is 0 Å². The average Bonchev–Trinajstić information content (AvgIpc) is 3.29. The molecule has 0 fully saturated rings. The van der Waals surface area contributed by atoms with E-state index in [1.165, 1.54) is 16.5 Å². The summed E-state index contributed by atoms with van der Waals surface area (Å²) < 4.78 is 0. The Morgan fingerprint density at radius 2 is 0.679 bits per heavy atom. The van der Waals surface area contributed by atoms with Crippen molar-refractivity contribution in [2.24, 2.45) is 0 Å². The molecule has 4 heteroatoms. The van der Waals surface area contributed by atoms with Gasteiger partial charge in [-0.05, 0) is 51.6 Å². The van der Waals surface area contributed by atoms with Crippen molar-refractivity contribution in [1.82, 2.24) is 19.9 Å². The fourth-order valence-corrected chi connectivity index (χ4v) is 7.56. The third-order valence-electron chi connectivity index (χ3n) is 10.3. The van der Waals surface area contributed by atoms with Crippen LogP contribution in [0.15, 0.2) is 206 Å². The molecule has 0 aliphatic carbocycles. The molecular formula is C52H34N4. The van der Waals surface area contributed by atoms with Crippen LogP contribution in [0.1, 0.15) is 0 Å². The Morgan fingerprint density at radius 1 is 0.250 bits per heavy atom. The molecule has 0 unspecified atom stereocenters. The van der Waals surface area contributed by atoms with E-state index >= 15 is 0 Å². The molecule has 8 aromatic carbocycles. The molecule has 0 spiro atoms. The maximum atomic E-state index is 5.36. The van der Waals surface area contributed by atoms with Crippen molar-refractivity contribution in [1.29, 1.82) is 0 Å². The Hall–Kier alpha value is -7.56. The Kier molecular flexibility index (Phi) is 8.47. The second-order valence-electron chi connectivity index (χ2n) is 13.9. The van der Waals surface area contributed by atoms with E-state index in [0.717, 1.165) is 66.5 Å². The summed E-state index contributed by atoms with van der Waals surface area (Å²) in [7, 11) is 0. The first kappa shape index (κ1) is 33.0. The topological polar surface area (TPSA) is 51.6 Å². The van der Waals surface area contributed by atoms with Gasteiger partial charge < -0.3 is 0 Å². The number of benzene rings is 8. The van der Waals surface area contributed by atoms with Gasteiger partial charge in [0, 0.05) is 38.4 Å². The molecule has 0 saturated heterocycles. The average molecular weight is 715 g/mol. The van der Waals surface area contributed by atoms with E-state index in [2.05, 4.69) is 146 Å². The van der Waals surface area contributed by atoms with E-state index in [1.807, 2.05) is 60.7 Å². The maximum absolute atomic E-state index is 5.36. The summed E-state index contributed by atoms with van der Waals surface area (Å²) in [5, 5.41) is 3.49. The molecule has 56 heavy (non-hydrogen) atoms. The van der Waals surface area contributed by atoms with Crippen LogP contribution < -0.4 is 0 Å². The van der Waals surface area contributed by atoms with Crippen LogP contribution in [0.25, 0.3) is 100 Å². The zero-order valence-corrected chi connectivity index (χ0v) is 30.4. The molecule has 0 aliphatic heterocycles. The third kappa shape index (κ3) is 6.29. The van der Waals surface area contributed by atoms with Gasteiger partial charge in [-0.1, -0.05) is 188 Å². The molecule has 0 atom stereocenters. The van der Waals surface area contributed by atoms with Gasteiger partial charge in [-0.25, -0.2) is 19.9 Å². The lowest BCUT2D eigenvalue weighted by atomic mass is 9.91. The molecule has 0 aliphatic rings. The van der Waals surface area contributed by atoms with E-state index < -0.39 is 0 Å². The Morgan fingerprint density at radius 3 is 1.25 bits per heavy atom. The predicted octanol–water partition coefficient (Wildman–Crippen LogP) is 13.2. The number of rotatable bonds is 7. The van der Waals surface area contributed by atoms with Crippen LogP contribution in [-0.2, 0) is 0 Å². The SMILES string of the molecule is c1ccc(-c2nc(-c3ccccc3)nc(-c3cccc(-c4cccc(-c5ccc6c(c5)nc(-c5ccccc5)c5cccc(-c7ccccc7)c56)c4)c3)n2)cc1. The smallest absolute Gasteiger partial charge is 0.164 e. The third-order valence-corrected chi connectivity index (χ3v) is 10.3. The summed E-state index contributed by atoms with van der Waals surface area (Å²) in [6.45, 7) is 0. The highest BCUT2D eigenvalue weighted by molar-refractivity contribution is 6.17. The zero-order valence-electron chi connectivity index (χ0n) is 30.4. The number of hydrogen-bond donors (Lipinski definition) is 0. The highest BCUT2D eigenvalue weighted by Crippen LogP contribution is 2.40. The standard InChI is InChI=1S/C52H34N4/c1-5-16-35(17-6-1)44-28-15-29-46-48(44)45-31-30-42(34-47(45)53-49(46)36-18-7-2-8-19-36)40-25-13-24-39(32-40)41-26-14-27-43(33-41)52-55-50(37-20-9-3-10-21-37)54-51(56-52)38-22-11-4-12-23-38/h1-34H. The summed E-state index contributed by atoms with van der Waals surface area (Å²) in [4.78, 5) is 20.2. The summed E-state index contributed by atoms with van der Waals surface area (Å²) in [5.41, 5.74) is 12.7. The fourth-order valence-electron chi connectivity index (χ4n) is 7.56. The van der Waals surface area contributed by atoms with Crippen LogP contribution in [0, 0.1) is 0 Å². The lowest BCUT2D eigenvalue weighted by Crippen LogP contribution is -2.00. The number of aromatic nitrogens is 4. The molecule has 4 nitrogen and oxygen atoms in total. The number of pyridine rings is 1. The summed E-state index contributed by atoms with van der Waals surface area (Å²) in [6.07, 6.45) is 0. The molecule has 262 valence electrons. The lowest BCUT2D eigenvalue weighted by Gasteiger charge is -2.15. The first-order chi connectivity index (χ1) is 27.7. The van der Waals surface area contributed by atoms with E-state index in [9.17, 15) is 0 Å². The molecule has 10 aromatic rings. The normalized spacial score (nSPS) is 11.2. The van der Waals surface area contributed by atoms with Gasteiger partial charge >= 0.3 is 0 Å². The quantitative estimate of drug-likeness (QED) is 0.154. The number of nitrogens with zero attached hydrogens (tertiary/aromatic N) is 4. The van der Waals surface area contributed by atoms with Gasteiger partial charge in [0.1, 0.15) is 0 Å². The van der Waals surface area contributed by atoms with Gasteiger partial charge in [0.05, 0.1) is 11.2 Å². The van der Waals surface area contributed by atoms with E-state index in [4.69, 9.17) is 19.9 Å². The molecule has 0 radical (unpaired) electrons. The Labute approximate surface area is 325 Å².